The van der Waals surface area contributed by atoms with Gasteiger partial charge in [-0.25, -0.2) is 9.97 Å². The van der Waals surface area contributed by atoms with Gasteiger partial charge in [-0.05, 0) is 60.2 Å². The number of nitrogens with one attached hydrogen (secondary N) is 1. The van der Waals surface area contributed by atoms with Crippen LogP contribution in [0.5, 0.6) is 17.5 Å². The summed E-state index contributed by atoms with van der Waals surface area (Å²) in [6.07, 6.45) is 6.52. The summed E-state index contributed by atoms with van der Waals surface area (Å²) in [5.41, 5.74) is 4.95. The molecule has 4 aromatic rings. The fraction of sp³-hybridized carbons (Fsp3) is 0.179. The highest BCUT2D eigenvalue weighted by Crippen LogP contribution is 2.30. The summed E-state index contributed by atoms with van der Waals surface area (Å²) in [4.78, 5) is 21.5. The Labute approximate surface area is 198 Å². The van der Waals surface area contributed by atoms with Crippen LogP contribution in [0.15, 0.2) is 85.2 Å². The van der Waals surface area contributed by atoms with Crippen LogP contribution in [-0.4, -0.2) is 23.0 Å². The van der Waals surface area contributed by atoms with Gasteiger partial charge in [-0.15, -0.1) is 0 Å². The van der Waals surface area contributed by atoms with E-state index < -0.39 is 0 Å². The average Bonchev–Trinajstić information content (AvgIpc) is 2.89. The van der Waals surface area contributed by atoms with E-state index in [2.05, 4.69) is 33.5 Å². The van der Waals surface area contributed by atoms with E-state index in [0.29, 0.717) is 17.1 Å². The third-order valence-corrected chi connectivity index (χ3v) is 6.03. The molecule has 5 rings (SSSR count). The highest BCUT2D eigenvalue weighted by atomic mass is 16.5. The molecule has 1 N–H and O–H groups in total. The molecule has 6 heteroatoms. The second kappa shape index (κ2) is 9.75. The van der Waals surface area contributed by atoms with Gasteiger partial charge in [-0.1, -0.05) is 42.5 Å². The van der Waals surface area contributed by atoms with Crippen molar-refractivity contribution in [2.45, 2.75) is 25.3 Å². The fourth-order valence-electron chi connectivity index (χ4n) is 4.25. The van der Waals surface area contributed by atoms with Crippen LogP contribution in [0.4, 0.5) is 0 Å². The van der Waals surface area contributed by atoms with Gasteiger partial charge in [0.25, 0.3) is 5.91 Å². The molecule has 0 fully saturated rings. The van der Waals surface area contributed by atoms with E-state index in [-0.39, 0.29) is 18.0 Å². The summed E-state index contributed by atoms with van der Waals surface area (Å²) < 4.78 is 10.9. The first kappa shape index (κ1) is 21.6. The number of benzene rings is 3. The number of rotatable bonds is 6. The van der Waals surface area contributed by atoms with E-state index >= 15 is 0 Å². The SMILES string of the molecule is COc1cccc(Oc2ncc(-c3ccc(C(=O)NC4CCCc5ccccc54)cc3)cn2)c1. The normalized spacial score (nSPS) is 14.7. The molecule has 1 amide bonds. The molecular weight excluding hydrogens is 426 g/mol. The Morgan fingerprint density at radius 2 is 1.68 bits per heavy atom. The number of ether oxygens (including phenoxy) is 2. The highest BCUT2D eigenvalue weighted by Gasteiger charge is 2.21. The van der Waals surface area contributed by atoms with Crippen molar-refractivity contribution in [1.29, 1.82) is 0 Å². The van der Waals surface area contributed by atoms with Crippen LogP contribution in [0, 0.1) is 0 Å². The van der Waals surface area contributed by atoms with Crippen LogP contribution in [-0.2, 0) is 6.42 Å². The lowest BCUT2D eigenvalue weighted by Crippen LogP contribution is -2.30. The Morgan fingerprint density at radius 1 is 0.912 bits per heavy atom. The smallest absolute Gasteiger partial charge is 0.321 e. The van der Waals surface area contributed by atoms with Gasteiger partial charge in [0.15, 0.2) is 0 Å². The predicted molar refractivity (Wildman–Crippen MR) is 130 cm³/mol. The molecule has 1 aliphatic carbocycles. The van der Waals surface area contributed by atoms with Crippen molar-refractivity contribution in [2.24, 2.45) is 0 Å². The molecule has 1 atom stereocenters. The number of fused-ring (bicyclic) bond motifs is 1. The third-order valence-electron chi connectivity index (χ3n) is 6.03. The van der Waals surface area contributed by atoms with E-state index in [4.69, 9.17) is 9.47 Å². The Morgan fingerprint density at radius 3 is 2.47 bits per heavy atom. The van der Waals surface area contributed by atoms with E-state index in [1.807, 2.05) is 48.5 Å². The minimum absolute atomic E-state index is 0.0580. The third kappa shape index (κ3) is 4.76. The monoisotopic (exact) mass is 451 g/mol. The first-order valence-electron chi connectivity index (χ1n) is 11.3. The van der Waals surface area contributed by atoms with Gasteiger partial charge in [0.05, 0.1) is 13.2 Å². The number of amides is 1. The minimum Gasteiger partial charge on any atom is -0.497 e. The molecule has 0 spiro atoms. The molecule has 170 valence electrons. The lowest BCUT2D eigenvalue weighted by Gasteiger charge is -2.26. The molecule has 0 saturated heterocycles. The summed E-state index contributed by atoms with van der Waals surface area (Å²) in [5, 5.41) is 3.20. The zero-order chi connectivity index (χ0) is 23.3. The molecule has 34 heavy (non-hydrogen) atoms. The van der Waals surface area contributed by atoms with Crippen molar-refractivity contribution in [3.8, 4) is 28.6 Å². The molecule has 1 heterocycles. The maximum Gasteiger partial charge on any atom is 0.321 e. The first-order valence-corrected chi connectivity index (χ1v) is 11.3. The second-order valence-electron chi connectivity index (χ2n) is 8.23. The average molecular weight is 452 g/mol. The summed E-state index contributed by atoms with van der Waals surface area (Å²) in [5.74, 6) is 1.24. The first-order chi connectivity index (χ1) is 16.7. The van der Waals surface area contributed by atoms with Crippen molar-refractivity contribution < 1.29 is 14.3 Å². The number of carbonyl (C=O) groups is 1. The Hall–Kier alpha value is -4.19. The van der Waals surface area contributed by atoms with Crippen molar-refractivity contribution in [1.82, 2.24) is 15.3 Å². The second-order valence-corrected chi connectivity index (χ2v) is 8.23. The van der Waals surface area contributed by atoms with Crippen LogP contribution in [0.1, 0.15) is 40.4 Å². The number of methoxy groups -OCH3 is 1. The van der Waals surface area contributed by atoms with Crippen molar-refractivity contribution in [2.75, 3.05) is 7.11 Å². The maximum atomic E-state index is 12.9. The van der Waals surface area contributed by atoms with Crippen LogP contribution < -0.4 is 14.8 Å². The van der Waals surface area contributed by atoms with Gasteiger partial charge in [0.1, 0.15) is 11.5 Å². The van der Waals surface area contributed by atoms with E-state index in [1.165, 1.54) is 11.1 Å². The van der Waals surface area contributed by atoms with Crippen LogP contribution in [0.25, 0.3) is 11.1 Å². The summed E-state index contributed by atoms with van der Waals surface area (Å²) in [6.45, 7) is 0. The van der Waals surface area contributed by atoms with Gasteiger partial charge in [0, 0.05) is 29.6 Å². The van der Waals surface area contributed by atoms with Gasteiger partial charge in [0.2, 0.25) is 0 Å². The number of nitrogens with zero attached hydrogens (tertiary/aromatic N) is 2. The summed E-state index contributed by atoms with van der Waals surface area (Å²) in [6, 6.07) is 23.4. The lowest BCUT2D eigenvalue weighted by molar-refractivity contribution is 0.0933. The number of hydrogen-bond donors (Lipinski definition) is 1. The Kier molecular flexibility index (Phi) is 6.21. The molecule has 6 nitrogen and oxygen atoms in total. The zero-order valence-electron chi connectivity index (χ0n) is 18.9. The topological polar surface area (TPSA) is 73.3 Å². The molecule has 1 aliphatic rings. The van der Waals surface area contributed by atoms with E-state index in [0.717, 1.165) is 30.4 Å². The lowest BCUT2D eigenvalue weighted by atomic mass is 9.87. The Balaban J connectivity index is 1.25. The fourth-order valence-corrected chi connectivity index (χ4v) is 4.25. The number of carbonyl (C=O) groups excluding carboxylic acids is 1. The van der Waals surface area contributed by atoms with E-state index in [1.54, 1.807) is 25.6 Å². The molecule has 1 aromatic heterocycles. The van der Waals surface area contributed by atoms with Gasteiger partial charge in [-0.3, -0.25) is 4.79 Å². The van der Waals surface area contributed by atoms with Crippen LogP contribution >= 0.6 is 0 Å². The minimum atomic E-state index is -0.0634. The summed E-state index contributed by atoms with van der Waals surface area (Å²) >= 11 is 0. The van der Waals surface area contributed by atoms with E-state index in [9.17, 15) is 4.79 Å². The van der Waals surface area contributed by atoms with Crippen LogP contribution in [0.3, 0.4) is 0 Å². The highest BCUT2D eigenvalue weighted by molar-refractivity contribution is 5.95. The maximum absolute atomic E-state index is 12.9. The van der Waals surface area contributed by atoms with Crippen LogP contribution in [0.2, 0.25) is 0 Å². The molecule has 0 bridgehead atoms. The van der Waals surface area contributed by atoms with Crippen molar-refractivity contribution >= 4 is 5.91 Å². The molecule has 3 aromatic carbocycles. The Bertz CT molecular complexity index is 1290. The molecule has 0 radical (unpaired) electrons. The summed E-state index contributed by atoms with van der Waals surface area (Å²) in [7, 11) is 1.61. The van der Waals surface area contributed by atoms with Gasteiger partial charge in [-0.2, -0.15) is 0 Å². The quantitative estimate of drug-likeness (QED) is 0.404. The van der Waals surface area contributed by atoms with Gasteiger partial charge < -0.3 is 14.8 Å². The molecular formula is C28H25N3O3. The largest absolute Gasteiger partial charge is 0.497 e. The number of aromatic nitrogens is 2. The number of aryl methyl sites for hydroxylation is 1. The zero-order valence-corrected chi connectivity index (χ0v) is 18.9. The van der Waals surface area contributed by atoms with Crippen molar-refractivity contribution in [3.05, 3.63) is 102 Å². The standard InChI is InChI=1S/C28H25N3O3/c1-33-23-8-5-9-24(16-23)34-28-29-17-22(18-30-28)19-12-14-21(15-13-19)27(32)31-26-11-4-7-20-6-2-3-10-25(20)26/h2-3,5-6,8-10,12-18,26H,4,7,11H2,1H3,(H,31,32). The molecule has 1 unspecified atom stereocenters. The molecule has 0 saturated carbocycles. The number of hydrogen-bond acceptors (Lipinski definition) is 5. The van der Waals surface area contributed by atoms with Gasteiger partial charge >= 0.3 is 6.01 Å². The molecule has 0 aliphatic heterocycles. The predicted octanol–water partition coefficient (Wildman–Crippen LogP) is 5.75. The van der Waals surface area contributed by atoms with Crippen molar-refractivity contribution in [3.63, 3.8) is 0 Å².